The van der Waals surface area contributed by atoms with Crippen LogP contribution in [0.3, 0.4) is 0 Å². The van der Waals surface area contributed by atoms with Crippen molar-refractivity contribution < 1.29 is 4.74 Å². The Hall–Kier alpha value is -0.160. The summed E-state index contributed by atoms with van der Waals surface area (Å²) < 4.78 is 6.17. The Morgan fingerprint density at radius 2 is 1.81 bits per heavy atom. The van der Waals surface area contributed by atoms with Crippen molar-refractivity contribution in [3.63, 3.8) is 0 Å². The molecular weight excluding hydrogens is 262 g/mol. The van der Waals surface area contributed by atoms with E-state index in [2.05, 4.69) is 36.1 Å². The normalized spacial score (nSPS) is 28.6. The number of piperidine rings is 1. The number of rotatable bonds is 8. The average molecular weight is 297 g/mol. The fraction of sp³-hybridized carbons (Fsp3) is 1.00. The van der Waals surface area contributed by atoms with Crippen LogP contribution in [0.1, 0.15) is 39.0 Å². The Balaban J connectivity index is 1.59. The molecule has 4 heteroatoms. The lowest BCUT2D eigenvalue weighted by Gasteiger charge is -2.32. The molecule has 2 fully saturated rings. The fourth-order valence-electron chi connectivity index (χ4n) is 3.61. The fourth-order valence-corrected chi connectivity index (χ4v) is 3.61. The maximum atomic E-state index is 6.17. The number of nitrogens with zero attached hydrogens (tertiary/aromatic N) is 2. The van der Waals surface area contributed by atoms with Crippen LogP contribution in [0.5, 0.6) is 0 Å². The zero-order chi connectivity index (χ0) is 15.1. The van der Waals surface area contributed by atoms with E-state index in [1.54, 1.807) is 0 Å². The van der Waals surface area contributed by atoms with Gasteiger partial charge in [-0.25, -0.2) is 0 Å². The monoisotopic (exact) mass is 297 g/mol. The number of hydrogen-bond donors (Lipinski definition) is 1. The van der Waals surface area contributed by atoms with Gasteiger partial charge in [-0.05, 0) is 71.8 Å². The number of hydrogen-bond acceptors (Lipinski definition) is 4. The van der Waals surface area contributed by atoms with Gasteiger partial charge in [0.1, 0.15) is 0 Å². The number of likely N-dealkylation sites (tertiary alicyclic amines) is 1. The summed E-state index contributed by atoms with van der Waals surface area (Å²) >= 11 is 0. The van der Waals surface area contributed by atoms with E-state index in [0.717, 1.165) is 25.6 Å². The standard InChI is InChI=1S/C17H35N3O/c1-4-9-18-12-16-5-6-17(21-16)14-20(3)13-15-7-10-19(2)11-8-15/h15-18H,4-14H2,1-3H3. The summed E-state index contributed by atoms with van der Waals surface area (Å²) in [4.78, 5) is 4.95. The van der Waals surface area contributed by atoms with E-state index < -0.39 is 0 Å². The van der Waals surface area contributed by atoms with Gasteiger partial charge in [-0.2, -0.15) is 0 Å². The SMILES string of the molecule is CCCNCC1CCC(CN(C)CC2CCN(C)CC2)O1. The van der Waals surface area contributed by atoms with E-state index in [9.17, 15) is 0 Å². The first-order valence-corrected chi connectivity index (χ1v) is 8.90. The summed E-state index contributed by atoms with van der Waals surface area (Å²) in [6, 6.07) is 0. The van der Waals surface area contributed by atoms with Gasteiger partial charge in [0, 0.05) is 19.6 Å². The van der Waals surface area contributed by atoms with Crippen LogP contribution in [0.25, 0.3) is 0 Å². The molecule has 0 aromatic rings. The van der Waals surface area contributed by atoms with Gasteiger partial charge < -0.3 is 19.9 Å². The minimum atomic E-state index is 0.443. The molecular formula is C17H35N3O. The van der Waals surface area contributed by atoms with E-state index in [1.807, 2.05) is 0 Å². The second kappa shape index (κ2) is 9.09. The van der Waals surface area contributed by atoms with E-state index in [0.29, 0.717) is 12.2 Å². The quantitative estimate of drug-likeness (QED) is 0.692. The highest BCUT2D eigenvalue weighted by Gasteiger charge is 2.26. The minimum absolute atomic E-state index is 0.443. The van der Waals surface area contributed by atoms with Crippen LogP contribution in [0.2, 0.25) is 0 Å². The number of ether oxygens (including phenoxy) is 1. The van der Waals surface area contributed by atoms with Gasteiger partial charge in [0.05, 0.1) is 12.2 Å². The zero-order valence-corrected chi connectivity index (χ0v) is 14.3. The molecule has 4 nitrogen and oxygen atoms in total. The summed E-state index contributed by atoms with van der Waals surface area (Å²) in [6.07, 6.45) is 7.27. The highest BCUT2D eigenvalue weighted by molar-refractivity contribution is 4.79. The summed E-state index contributed by atoms with van der Waals surface area (Å²) in [6.45, 7) is 9.24. The summed E-state index contributed by atoms with van der Waals surface area (Å²) in [5.41, 5.74) is 0. The van der Waals surface area contributed by atoms with Crippen LogP contribution in [0.15, 0.2) is 0 Å². The van der Waals surface area contributed by atoms with Crippen molar-refractivity contribution >= 4 is 0 Å². The van der Waals surface area contributed by atoms with Gasteiger partial charge in [0.15, 0.2) is 0 Å². The maximum Gasteiger partial charge on any atom is 0.0707 e. The van der Waals surface area contributed by atoms with E-state index in [-0.39, 0.29) is 0 Å². The molecule has 21 heavy (non-hydrogen) atoms. The molecule has 0 amide bonds. The lowest BCUT2D eigenvalue weighted by molar-refractivity contribution is 0.0239. The molecule has 124 valence electrons. The second-order valence-electron chi connectivity index (χ2n) is 7.13. The van der Waals surface area contributed by atoms with E-state index in [1.165, 1.54) is 51.7 Å². The highest BCUT2D eigenvalue weighted by Crippen LogP contribution is 2.21. The Morgan fingerprint density at radius 1 is 1.10 bits per heavy atom. The van der Waals surface area contributed by atoms with Gasteiger partial charge >= 0.3 is 0 Å². The molecule has 0 radical (unpaired) electrons. The summed E-state index contributed by atoms with van der Waals surface area (Å²) in [5.74, 6) is 0.884. The molecule has 2 aliphatic rings. The molecule has 2 atom stereocenters. The van der Waals surface area contributed by atoms with Crippen LogP contribution in [0.4, 0.5) is 0 Å². The molecule has 1 N–H and O–H groups in total. The Morgan fingerprint density at radius 3 is 2.52 bits per heavy atom. The first-order chi connectivity index (χ1) is 10.2. The second-order valence-corrected chi connectivity index (χ2v) is 7.13. The molecule has 2 heterocycles. The van der Waals surface area contributed by atoms with Crippen molar-refractivity contribution in [2.45, 2.75) is 51.2 Å². The highest BCUT2D eigenvalue weighted by atomic mass is 16.5. The number of likely N-dealkylation sites (N-methyl/N-ethyl adjacent to an activating group) is 1. The zero-order valence-electron chi connectivity index (χ0n) is 14.3. The molecule has 0 saturated carbocycles. The van der Waals surface area contributed by atoms with Crippen LogP contribution in [-0.2, 0) is 4.74 Å². The summed E-state index contributed by atoms with van der Waals surface area (Å²) in [5, 5.41) is 3.48. The van der Waals surface area contributed by atoms with E-state index in [4.69, 9.17) is 4.74 Å². The third-order valence-electron chi connectivity index (χ3n) is 4.92. The third-order valence-corrected chi connectivity index (χ3v) is 4.92. The van der Waals surface area contributed by atoms with Crippen molar-refractivity contribution in [1.82, 2.24) is 15.1 Å². The average Bonchev–Trinajstić information content (AvgIpc) is 2.89. The Bertz CT molecular complexity index is 279. The minimum Gasteiger partial charge on any atom is -0.372 e. The summed E-state index contributed by atoms with van der Waals surface area (Å²) in [7, 11) is 4.50. The van der Waals surface area contributed by atoms with Gasteiger partial charge in [-0.1, -0.05) is 6.92 Å². The third kappa shape index (κ3) is 6.23. The maximum absolute atomic E-state index is 6.17. The molecule has 2 saturated heterocycles. The molecule has 2 unspecified atom stereocenters. The van der Waals surface area contributed by atoms with Crippen molar-refractivity contribution in [2.24, 2.45) is 5.92 Å². The van der Waals surface area contributed by atoms with Crippen molar-refractivity contribution in [2.75, 3.05) is 53.4 Å². The topological polar surface area (TPSA) is 27.7 Å². The molecule has 2 aliphatic heterocycles. The van der Waals surface area contributed by atoms with Crippen LogP contribution < -0.4 is 5.32 Å². The van der Waals surface area contributed by atoms with Crippen molar-refractivity contribution in [1.29, 1.82) is 0 Å². The molecule has 0 aliphatic carbocycles. The van der Waals surface area contributed by atoms with Crippen molar-refractivity contribution in [3.8, 4) is 0 Å². The number of nitrogens with one attached hydrogen (secondary N) is 1. The smallest absolute Gasteiger partial charge is 0.0707 e. The molecule has 0 aromatic carbocycles. The lowest BCUT2D eigenvalue weighted by atomic mass is 9.96. The van der Waals surface area contributed by atoms with Gasteiger partial charge in [-0.15, -0.1) is 0 Å². The van der Waals surface area contributed by atoms with Crippen molar-refractivity contribution in [3.05, 3.63) is 0 Å². The van der Waals surface area contributed by atoms with Crippen LogP contribution >= 0.6 is 0 Å². The first-order valence-electron chi connectivity index (χ1n) is 8.90. The lowest BCUT2D eigenvalue weighted by Crippen LogP contribution is -2.38. The van der Waals surface area contributed by atoms with E-state index >= 15 is 0 Å². The molecule has 2 rings (SSSR count). The Kier molecular flexibility index (Phi) is 7.44. The molecule has 0 bridgehead atoms. The van der Waals surface area contributed by atoms with Gasteiger partial charge in [-0.3, -0.25) is 0 Å². The van der Waals surface area contributed by atoms with Crippen LogP contribution in [0, 0.1) is 5.92 Å². The van der Waals surface area contributed by atoms with Gasteiger partial charge in [0.2, 0.25) is 0 Å². The van der Waals surface area contributed by atoms with Crippen LogP contribution in [-0.4, -0.2) is 75.4 Å². The predicted molar refractivity (Wildman–Crippen MR) is 88.8 cm³/mol. The largest absolute Gasteiger partial charge is 0.372 e. The predicted octanol–water partition coefficient (Wildman–Crippen LogP) is 1.81. The molecule has 0 spiro atoms. The first kappa shape index (κ1) is 17.2. The molecule has 0 aromatic heterocycles. The van der Waals surface area contributed by atoms with Gasteiger partial charge in [0.25, 0.3) is 0 Å². The Labute approximate surface area is 131 Å².